The molecule has 1 aromatic carbocycles. The molecule has 146 valence electrons. The van der Waals surface area contributed by atoms with E-state index in [1.807, 2.05) is 12.3 Å². The summed E-state index contributed by atoms with van der Waals surface area (Å²) in [5.74, 6) is 0.0683. The first-order valence-electron chi connectivity index (χ1n) is 9.19. The SMILES string of the molecule is CCOC(=O)C1CCCN(c2nc(Cl)nc3scc(-c4ccc(F)cc4)c23)C1. The van der Waals surface area contributed by atoms with Crippen molar-refractivity contribution in [1.29, 1.82) is 0 Å². The predicted octanol–water partition coefficient (Wildman–Crippen LogP) is 4.93. The van der Waals surface area contributed by atoms with Gasteiger partial charge in [-0.25, -0.2) is 9.37 Å². The molecule has 1 unspecified atom stereocenters. The first-order valence-corrected chi connectivity index (χ1v) is 10.4. The number of piperidine rings is 1. The summed E-state index contributed by atoms with van der Waals surface area (Å²) in [5, 5.41) is 3.04. The molecule has 2 aromatic heterocycles. The standard InChI is InChI=1S/C20H19ClFN3O2S/c1-2-27-19(26)13-4-3-9-25(10-13)17-16-15(12-5-7-14(22)8-6-12)11-28-18(16)24-20(21)23-17/h5-8,11,13H,2-4,9-10H2,1H3. The van der Waals surface area contributed by atoms with Gasteiger partial charge in [-0.2, -0.15) is 4.98 Å². The normalized spacial score (nSPS) is 17.1. The molecule has 1 aliphatic heterocycles. The van der Waals surface area contributed by atoms with E-state index in [2.05, 4.69) is 14.9 Å². The largest absolute Gasteiger partial charge is 0.466 e. The summed E-state index contributed by atoms with van der Waals surface area (Å²) in [4.78, 5) is 23.9. The van der Waals surface area contributed by atoms with Crippen molar-refractivity contribution in [3.63, 3.8) is 0 Å². The maximum absolute atomic E-state index is 13.4. The van der Waals surface area contributed by atoms with Crippen molar-refractivity contribution in [1.82, 2.24) is 9.97 Å². The van der Waals surface area contributed by atoms with Crippen LogP contribution >= 0.6 is 22.9 Å². The molecule has 5 nitrogen and oxygen atoms in total. The molecular formula is C20H19ClFN3O2S. The van der Waals surface area contributed by atoms with Crippen LogP contribution in [0.3, 0.4) is 0 Å². The van der Waals surface area contributed by atoms with Crippen molar-refractivity contribution >= 4 is 44.9 Å². The van der Waals surface area contributed by atoms with Gasteiger partial charge in [-0.3, -0.25) is 4.79 Å². The van der Waals surface area contributed by atoms with Crippen LogP contribution < -0.4 is 4.90 Å². The number of fused-ring (bicyclic) bond motifs is 1. The highest BCUT2D eigenvalue weighted by molar-refractivity contribution is 7.17. The average Bonchev–Trinajstić information content (AvgIpc) is 3.12. The Hall–Kier alpha value is -2.25. The number of hydrogen-bond donors (Lipinski definition) is 0. The number of thiophene rings is 1. The quantitative estimate of drug-likeness (QED) is 0.443. The average molecular weight is 420 g/mol. The number of carbonyl (C=O) groups excluding carboxylic acids is 1. The van der Waals surface area contributed by atoms with Crippen molar-refractivity contribution in [3.8, 4) is 11.1 Å². The van der Waals surface area contributed by atoms with E-state index in [1.54, 1.807) is 12.1 Å². The van der Waals surface area contributed by atoms with Gasteiger partial charge in [-0.15, -0.1) is 11.3 Å². The number of carbonyl (C=O) groups is 1. The van der Waals surface area contributed by atoms with Gasteiger partial charge in [0.15, 0.2) is 0 Å². The van der Waals surface area contributed by atoms with Crippen LogP contribution in [0.25, 0.3) is 21.3 Å². The maximum atomic E-state index is 13.4. The molecule has 4 rings (SSSR count). The molecule has 0 amide bonds. The molecular weight excluding hydrogens is 401 g/mol. The second-order valence-corrected chi connectivity index (χ2v) is 7.89. The van der Waals surface area contributed by atoms with Crippen LogP contribution in [0.2, 0.25) is 5.28 Å². The number of anilines is 1. The summed E-state index contributed by atoms with van der Waals surface area (Å²) in [6.45, 7) is 3.49. The van der Waals surface area contributed by atoms with E-state index in [0.717, 1.165) is 40.7 Å². The molecule has 3 heterocycles. The van der Waals surface area contributed by atoms with Crippen LogP contribution in [0, 0.1) is 11.7 Å². The molecule has 0 bridgehead atoms. The third kappa shape index (κ3) is 3.69. The lowest BCUT2D eigenvalue weighted by Gasteiger charge is -2.33. The summed E-state index contributed by atoms with van der Waals surface area (Å²) < 4.78 is 18.6. The van der Waals surface area contributed by atoms with Gasteiger partial charge in [0.1, 0.15) is 16.5 Å². The van der Waals surface area contributed by atoms with Crippen molar-refractivity contribution in [2.24, 2.45) is 5.92 Å². The fourth-order valence-electron chi connectivity index (χ4n) is 3.59. The van der Waals surface area contributed by atoms with Crippen molar-refractivity contribution in [3.05, 3.63) is 40.7 Å². The van der Waals surface area contributed by atoms with E-state index < -0.39 is 0 Å². The highest BCUT2D eigenvalue weighted by atomic mass is 35.5. The fourth-order valence-corrected chi connectivity index (χ4v) is 4.75. The Balaban J connectivity index is 1.76. The van der Waals surface area contributed by atoms with Gasteiger partial charge in [-0.05, 0) is 49.1 Å². The smallest absolute Gasteiger partial charge is 0.310 e. The van der Waals surface area contributed by atoms with E-state index in [4.69, 9.17) is 16.3 Å². The van der Waals surface area contributed by atoms with Gasteiger partial charge in [0.25, 0.3) is 0 Å². The van der Waals surface area contributed by atoms with Crippen molar-refractivity contribution in [2.75, 3.05) is 24.6 Å². The molecule has 8 heteroatoms. The Bertz CT molecular complexity index is 1010. The van der Waals surface area contributed by atoms with Crippen LogP contribution in [0.4, 0.5) is 10.2 Å². The molecule has 28 heavy (non-hydrogen) atoms. The summed E-state index contributed by atoms with van der Waals surface area (Å²) in [6, 6.07) is 6.36. The van der Waals surface area contributed by atoms with Crippen LogP contribution in [0.15, 0.2) is 29.6 Å². The van der Waals surface area contributed by atoms with Gasteiger partial charge >= 0.3 is 5.97 Å². The lowest BCUT2D eigenvalue weighted by molar-refractivity contribution is -0.148. The van der Waals surface area contributed by atoms with Crippen molar-refractivity contribution < 1.29 is 13.9 Å². The van der Waals surface area contributed by atoms with Crippen LogP contribution in [0.1, 0.15) is 19.8 Å². The highest BCUT2D eigenvalue weighted by Gasteiger charge is 2.29. The second kappa shape index (κ2) is 8.01. The summed E-state index contributed by atoms with van der Waals surface area (Å²) >= 11 is 7.66. The number of esters is 1. The first-order chi connectivity index (χ1) is 13.6. The molecule has 3 aromatic rings. The van der Waals surface area contributed by atoms with Gasteiger partial charge in [0.2, 0.25) is 5.28 Å². The Labute approximate surface area is 171 Å². The number of aromatic nitrogens is 2. The monoisotopic (exact) mass is 419 g/mol. The van der Waals surface area contributed by atoms with E-state index >= 15 is 0 Å². The molecule has 0 radical (unpaired) electrons. The van der Waals surface area contributed by atoms with Gasteiger partial charge in [0, 0.05) is 24.0 Å². The molecule has 0 spiro atoms. The number of halogens is 2. The lowest BCUT2D eigenvalue weighted by Crippen LogP contribution is -2.40. The minimum atomic E-state index is -0.281. The number of nitrogens with zero attached hydrogens (tertiary/aromatic N) is 3. The first kappa shape index (κ1) is 19.1. The molecule has 1 atom stereocenters. The minimum absolute atomic E-state index is 0.173. The highest BCUT2D eigenvalue weighted by Crippen LogP contribution is 2.40. The van der Waals surface area contributed by atoms with Gasteiger partial charge < -0.3 is 9.64 Å². The summed E-state index contributed by atoms with van der Waals surface area (Å²) in [6.07, 6.45) is 1.66. The molecule has 0 saturated carbocycles. The van der Waals surface area contributed by atoms with Gasteiger partial charge in [0.05, 0.1) is 17.9 Å². The Morgan fingerprint density at radius 2 is 2.14 bits per heavy atom. The lowest BCUT2D eigenvalue weighted by atomic mass is 9.97. The maximum Gasteiger partial charge on any atom is 0.310 e. The van der Waals surface area contributed by atoms with E-state index in [-0.39, 0.29) is 23.0 Å². The number of hydrogen-bond acceptors (Lipinski definition) is 6. The van der Waals surface area contributed by atoms with Crippen LogP contribution in [0.5, 0.6) is 0 Å². The van der Waals surface area contributed by atoms with Crippen molar-refractivity contribution in [2.45, 2.75) is 19.8 Å². The van der Waals surface area contributed by atoms with Gasteiger partial charge in [-0.1, -0.05) is 12.1 Å². The van der Waals surface area contributed by atoms with E-state index in [0.29, 0.717) is 19.0 Å². The number of benzene rings is 1. The molecule has 0 aliphatic carbocycles. The Morgan fingerprint density at radius 3 is 2.89 bits per heavy atom. The zero-order valence-corrected chi connectivity index (χ0v) is 16.9. The third-order valence-corrected chi connectivity index (χ3v) is 5.92. The number of ether oxygens (including phenoxy) is 1. The third-order valence-electron chi connectivity index (χ3n) is 4.88. The number of rotatable bonds is 4. The van der Waals surface area contributed by atoms with Crippen LogP contribution in [-0.4, -0.2) is 35.6 Å². The summed E-state index contributed by atoms with van der Waals surface area (Å²) in [7, 11) is 0. The summed E-state index contributed by atoms with van der Waals surface area (Å²) in [5.41, 5.74) is 1.82. The van der Waals surface area contributed by atoms with E-state index in [9.17, 15) is 9.18 Å². The Morgan fingerprint density at radius 1 is 1.36 bits per heavy atom. The molecule has 1 fully saturated rings. The topological polar surface area (TPSA) is 55.3 Å². The zero-order valence-electron chi connectivity index (χ0n) is 15.3. The molecule has 0 N–H and O–H groups in total. The van der Waals surface area contributed by atoms with Crippen LogP contribution in [-0.2, 0) is 9.53 Å². The zero-order chi connectivity index (χ0) is 19.7. The predicted molar refractivity (Wildman–Crippen MR) is 109 cm³/mol. The molecule has 1 aliphatic rings. The second-order valence-electron chi connectivity index (χ2n) is 6.69. The molecule has 1 saturated heterocycles. The van der Waals surface area contributed by atoms with E-state index in [1.165, 1.54) is 23.5 Å². The minimum Gasteiger partial charge on any atom is -0.466 e. The fraction of sp³-hybridized carbons (Fsp3) is 0.350. The Kier molecular flexibility index (Phi) is 5.46.